The molecule has 28 heavy (non-hydrogen) atoms. The zero-order chi connectivity index (χ0) is 20.1. The van der Waals surface area contributed by atoms with Gasteiger partial charge in [0, 0.05) is 39.5 Å². The molecular weight excluding hydrogens is 358 g/mol. The summed E-state index contributed by atoms with van der Waals surface area (Å²) in [5, 5.41) is 9.22. The summed E-state index contributed by atoms with van der Waals surface area (Å²) >= 11 is 0. The van der Waals surface area contributed by atoms with Crippen molar-refractivity contribution in [2.45, 2.75) is 12.0 Å². The van der Waals surface area contributed by atoms with Crippen LogP contribution in [0.2, 0.25) is 0 Å². The highest BCUT2D eigenvalue weighted by molar-refractivity contribution is 5.87. The topological polar surface area (TPSA) is 83.0 Å². The molecule has 1 saturated heterocycles. The van der Waals surface area contributed by atoms with E-state index in [0.29, 0.717) is 13.0 Å². The first-order valence-electron chi connectivity index (χ1n) is 9.19. The number of aromatic nitrogens is 1. The Kier molecular flexibility index (Phi) is 6.06. The fourth-order valence-electron chi connectivity index (χ4n) is 3.55. The summed E-state index contributed by atoms with van der Waals surface area (Å²) in [7, 11) is 3.35. The van der Waals surface area contributed by atoms with E-state index in [9.17, 15) is 14.7 Å². The summed E-state index contributed by atoms with van der Waals surface area (Å²) in [6.07, 6.45) is 3.81. The highest BCUT2D eigenvalue weighted by atomic mass is 16.5. The minimum absolute atomic E-state index is 0.114. The minimum Gasteiger partial charge on any atom is -0.387 e. The number of benzene rings is 1. The number of carbonyl (C=O) groups excluding carboxylic acids is 2. The van der Waals surface area contributed by atoms with E-state index >= 15 is 0 Å². The molecule has 1 atom stereocenters. The third-order valence-corrected chi connectivity index (χ3v) is 4.90. The standard InChI is InChI=1S/C21H25N3O4/c1-23(2)20(27)21(15-24(10-11-28-21)19(26)14-25)13-16-4-3-5-18(12-16)17-6-8-22-9-7-17/h3-9,12,25H,10-11,13-15H2,1-2H3/t21-/m0/s1. The normalized spacial score (nSPS) is 19.3. The fourth-order valence-corrected chi connectivity index (χ4v) is 3.55. The Morgan fingerprint density at radius 3 is 2.64 bits per heavy atom. The Hall–Kier alpha value is -2.77. The molecule has 0 saturated carbocycles. The summed E-state index contributed by atoms with van der Waals surface area (Å²) < 4.78 is 5.99. The van der Waals surface area contributed by atoms with Crippen LogP contribution >= 0.6 is 0 Å². The lowest BCUT2D eigenvalue weighted by Gasteiger charge is -2.42. The number of aliphatic hydroxyl groups is 1. The molecule has 0 bridgehead atoms. The third kappa shape index (κ3) is 4.21. The lowest BCUT2D eigenvalue weighted by atomic mass is 9.89. The number of hydrogen-bond donors (Lipinski definition) is 1. The van der Waals surface area contributed by atoms with Crippen LogP contribution in [0.3, 0.4) is 0 Å². The largest absolute Gasteiger partial charge is 0.387 e. The van der Waals surface area contributed by atoms with Crippen LogP contribution in [-0.4, -0.2) is 77.7 Å². The van der Waals surface area contributed by atoms with Crippen molar-refractivity contribution in [3.8, 4) is 11.1 Å². The Morgan fingerprint density at radius 2 is 1.96 bits per heavy atom. The molecule has 0 aliphatic carbocycles. The monoisotopic (exact) mass is 383 g/mol. The van der Waals surface area contributed by atoms with E-state index < -0.39 is 18.1 Å². The molecule has 1 aromatic heterocycles. The molecule has 7 heteroatoms. The molecule has 3 rings (SSSR count). The van der Waals surface area contributed by atoms with E-state index in [4.69, 9.17) is 4.74 Å². The number of carbonyl (C=O) groups is 2. The Balaban J connectivity index is 1.92. The summed E-state index contributed by atoms with van der Waals surface area (Å²) in [5.74, 6) is -0.595. The zero-order valence-electron chi connectivity index (χ0n) is 16.2. The van der Waals surface area contributed by atoms with Crippen molar-refractivity contribution < 1.29 is 19.4 Å². The molecular formula is C21H25N3O4. The molecule has 2 aromatic rings. The summed E-state index contributed by atoms with van der Waals surface area (Å²) in [5.41, 5.74) is 1.81. The van der Waals surface area contributed by atoms with Crippen molar-refractivity contribution in [2.75, 3.05) is 40.4 Å². The smallest absolute Gasteiger partial charge is 0.256 e. The second-order valence-corrected chi connectivity index (χ2v) is 7.13. The second-order valence-electron chi connectivity index (χ2n) is 7.13. The molecule has 1 aliphatic rings. The van der Waals surface area contributed by atoms with Gasteiger partial charge in [-0.3, -0.25) is 14.6 Å². The number of likely N-dealkylation sites (N-methyl/N-ethyl adjacent to an activating group) is 1. The summed E-state index contributed by atoms with van der Waals surface area (Å²) in [6, 6.07) is 11.8. The van der Waals surface area contributed by atoms with E-state index in [2.05, 4.69) is 4.98 Å². The number of rotatable bonds is 5. The quantitative estimate of drug-likeness (QED) is 0.832. The third-order valence-electron chi connectivity index (χ3n) is 4.90. The number of ether oxygens (including phenoxy) is 1. The van der Waals surface area contributed by atoms with Crippen LogP contribution < -0.4 is 0 Å². The van der Waals surface area contributed by atoms with E-state index in [-0.39, 0.29) is 19.1 Å². The molecule has 1 fully saturated rings. The van der Waals surface area contributed by atoms with Gasteiger partial charge in [0.2, 0.25) is 5.91 Å². The van der Waals surface area contributed by atoms with E-state index in [0.717, 1.165) is 16.7 Å². The van der Waals surface area contributed by atoms with Crippen molar-refractivity contribution in [2.24, 2.45) is 0 Å². The van der Waals surface area contributed by atoms with Gasteiger partial charge in [-0.1, -0.05) is 24.3 Å². The Labute approximate surface area is 164 Å². The number of amides is 2. The van der Waals surface area contributed by atoms with Gasteiger partial charge in [0.1, 0.15) is 6.61 Å². The van der Waals surface area contributed by atoms with Crippen molar-refractivity contribution >= 4 is 11.8 Å². The highest BCUT2D eigenvalue weighted by Gasteiger charge is 2.45. The van der Waals surface area contributed by atoms with Crippen LogP contribution in [0.1, 0.15) is 5.56 Å². The van der Waals surface area contributed by atoms with Gasteiger partial charge < -0.3 is 19.6 Å². The van der Waals surface area contributed by atoms with Crippen LogP contribution in [0.15, 0.2) is 48.8 Å². The molecule has 0 unspecified atom stereocenters. The minimum atomic E-state index is -1.18. The van der Waals surface area contributed by atoms with Gasteiger partial charge in [0.15, 0.2) is 5.60 Å². The first-order valence-corrected chi connectivity index (χ1v) is 9.19. The van der Waals surface area contributed by atoms with Gasteiger partial charge in [0.25, 0.3) is 5.91 Å². The predicted octanol–water partition coefficient (Wildman–Crippen LogP) is 0.969. The lowest BCUT2D eigenvalue weighted by molar-refractivity contribution is -0.173. The summed E-state index contributed by atoms with van der Waals surface area (Å²) in [4.78, 5) is 32.1. The van der Waals surface area contributed by atoms with Crippen LogP contribution in [0.4, 0.5) is 0 Å². The maximum atomic E-state index is 13.0. The number of hydrogen-bond acceptors (Lipinski definition) is 5. The van der Waals surface area contributed by atoms with E-state index in [1.807, 2.05) is 36.4 Å². The number of aliphatic hydroxyl groups excluding tert-OH is 1. The molecule has 2 amide bonds. The molecule has 1 N–H and O–H groups in total. The molecule has 1 aromatic carbocycles. The average molecular weight is 383 g/mol. The van der Waals surface area contributed by atoms with Crippen molar-refractivity contribution in [3.05, 3.63) is 54.4 Å². The molecule has 1 aliphatic heterocycles. The van der Waals surface area contributed by atoms with E-state index in [1.165, 1.54) is 9.80 Å². The SMILES string of the molecule is CN(C)C(=O)[C@]1(Cc2cccc(-c3ccncc3)c2)CN(C(=O)CO)CCO1. The van der Waals surface area contributed by atoms with Crippen LogP contribution in [-0.2, 0) is 20.7 Å². The maximum Gasteiger partial charge on any atom is 0.256 e. The molecule has 0 radical (unpaired) electrons. The van der Waals surface area contributed by atoms with Gasteiger partial charge in [-0.15, -0.1) is 0 Å². The van der Waals surface area contributed by atoms with Crippen LogP contribution in [0, 0.1) is 0 Å². The Morgan fingerprint density at radius 1 is 1.21 bits per heavy atom. The van der Waals surface area contributed by atoms with Gasteiger partial charge in [-0.2, -0.15) is 0 Å². The molecule has 0 spiro atoms. The number of morpholine rings is 1. The van der Waals surface area contributed by atoms with Gasteiger partial charge in [0.05, 0.1) is 13.2 Å². The lowest BCUT2D eigenvalue weighted by Crippen LogP contribution is -2.62. The van der Waals surface area contributed by atoms with Gasteiger partial charge in [-0.05, 0) is 28.8 Å². The van der Waals surface area contributed by atoms with Gasteiger partial charge >= 0.3 is 0 Å². The highest BCUT2D eigenvalue weighted by Crippen LogP contribution is 2.28. The number of pyridine rings is 1. The van der Waals surface area contributed by atoms with E-state index in [1.54, 1.807) is 26.5 Å². The van der Waals surface area contributed by atoms with Crippen molar-refractivity contribution in [1.29, 1.82) is 0 Å². The molecule has 148 valence electrons. The van der Waals surface area contributed by atoms with Crippen LogP contribution in [0.5, 0.6) is 0 Å². The van der Waals surface area contributed by atoms with Gasteiger partial charge in [-0.25, -0.2) is 0 Å². The zero-order valence-corrected chi connectivity index (χ0v) is 16.2. The first kappa shape index (κ1) is 20.0. The predicted molar refractivity (Wildman–Crippen MR) is 104 cm³/mol. The molecule has 7 nitrogen and oxygen atoms in total. The molecule has 2 heterocycles. The number of nitrogens with zero attached hydrogens (tertiary/aromatic N) is 3. The Bertz CT molecular complexity index is 841. The van der Waals surface area contributed by atoms with Crippen molar-refractivity contribution in [1.82, 2.24) is 14.8 Å². The second kappa shape index (κ2) is 8.50. The maximum absolute atomic E-state index is 13.0. The van der Waals surface area contributed by atoms with Crippen LogP contribution in [0.25, 0.3) is 11.1 Å². The fraction of sp³-hybridized carbons (Fsp3) is 0.381. The first-order chi connectivity index (χ1) is 13.4. The summed E-state index contributed by atoms with van der Waals surface area (Å²) in [6.45, 7) is 0.140. The van der Waals surface area contributed by atoms with Crippen molar-refractivity contribution in [3.63, 3.8) is 0 Å². The average Bonchev–Trinajstić information content (AvgIpc) is 2.73.